The van der Waals surface area contributed by atoms with Gasteiger partial charge in [-0.05, 0) is 37.5 Å². The monoisotopic (exact) mass is 263 g/mol. The molecule has 3 heteroatoms. The molecule has 2 aromatic heterocycles. The molecule has 0 bridgehead atoms. The standard InChI is InChI=1S/C17H17N3/c1-2-14-11-16(12-8-9-12)20(19-14)15-7-3-5-13-6-4-10-18-17(13)15/h3-7,10-12H,2,8-9H2,1H3. The normalized spacial score (nSPS) is 14.8. The van der Waals surface area contributed by atoms with E-state index >= 15 is 0 Å². The first kappa shape index (κ1) is 11.6. The minimum Gasteiger partial charge on any atom is -0.254 e. The van der Waals surface area contributed by atoms with Crippen LogP contribution in [0.2, 0.25) is 0 Å². The fourth-order valence-electron chi connectivity index (χ4n) is 2.74. The first-order chi connectivity index (χ1) is 9.86. The lowest BCUT2D eigenvalue weighted by atomic mass is 10.2. The second kappa shape index (κ2) is 4.44. The minimum absolute atomic E-state index is 0.682. The zero-order chi connectivity index (χ0) is 13.5. The van der Waals surface area contributed by atoms with Crippen molar-refractivity contribution < 1.29 is 0 Å². The lowest BCUT2D eigenvalue weighted by Gasteiger charge is -2.09. The quantitative estimate of drug-likeness (QED) is 0.718. The van der Waals surface area contributed by atoms with Crippen molar-refractivity contribution in [1.82, 2.24) is 14.8 Å². The molecule has 0 radical (unpaired) electrons. The topological polar surface area (TPSA) is 30.7 Å². The van der Waals surface area contributed by atoms with Crippen LogP contribution in [-0.2, 0) is 6.42 Å². The molecule has 1 aliphatic rings. The molecule has 0 atom stereocenters. The van der Waals surface area contributed by atoms with Crippen molar-refractivity contribution >= 4 is 10.9 Å². The highest BCUT2D eigenvalue weighted by Crippen LogP contribution is 2.41. The summed E-state index contributed by atoms with van der Waals surface area (Å²) >= 11 is 0. The molecule has 0 amide bonds. The molecule has 1 aliphatic carbocycles. The van der Waals surface area contributed by atoms with Crippen LogP contribution in [0.1, 0.15) is 37.1 Å². The molecule has 2 heterocycles. The molecular weight excluding hydrogens is 246 g/mol. The van der Waals surface area contributed by atoms with Crippen molar-refractivity contribution in [2.24, 2.45) is 0 Å². The van der Waals surface area contributed by atoms with Gasteiger partial charge in [0.05, 0.1) is 16.9 Å². The molecule has 0 unspecified atom stereocenters. The maximum Gasteiger partial charge on any atom is 0.0959 e. The van der Waals surface area contributed by atoms with Crippen molar-refractivity contribution in [3.05, 3.63) is 54.0 Å². The average molecular weight is 263 g/mol. The van der Waals surface area contributed by atoms with Gasteiger partial charge in [0.25, 0.3) is 0 Å². The van der Waals surface area contributed by atoms with Crippen LogP contribution in [0.3, 0.4) is 0 Å². The van der Waals surface area contributed by atoms with Crippen molar-refractivity contribution in [2.45, 2.75) is 32.1 Å². The number of para-hydroxylation sites is 1. The zero-order valence-electron chi connectivity index (χ0n) is 11.6. The molecular formula is C17H17N3. The predicted molar refractivity (Wildman–Crippen MR) is 80.2 cm³/mol. The Balaban J connectivity index is 1.96. The summed E-state index contributed by atoms with van der Waals surface area (Å²) < 4.78 is 2.12. The Bertz CT molecular complexity index is 764. The Morgan fingerprint density at radius 1 is 1.20 bits per heavy atom. The second-order valence-electron chi connectivity index (χ2n) is 5.45. The highest BCUT2D eigenvalue weighted by molar-refractivity contribution is 5.86. The van der Waals surface area contributed by atoms with Gasteiger partial charge in [0, 0.05) is 23.2 Å². The summed E-state index contributed by atoms with van der Waals surface area (Å²) in [6, 6.07) is 12.7. The number of fused-ring (bicyclic) bond motifs is 1. The number of benzene rings is 1. The maximum absolute atomic E-state index is 4.79. The maximum atomic E-state index is 4.79. The SMILES string of the molecule is CCc1cc(C2CC2)n(-c2cccc3cccnc23)n1. The van der Waals surface area contributed by atoms with Crippen LogP contribution < -0.4 is 0 Å². The number of aryl methyl sites for hydroxylation is 1. The predicted octanol–water partition coefficient (Wildman–Crippen LogP) is 3.86. The molecule has 0 spiro atoms. The van der Waals surface area contributed by atoms with Crippen LogP contribution in [0.5, 0.6) is 0 Å². The molecule has 0 aliphatic heterocycles. The molecule has 0 saturated heterocycles. The van der Waals surface area contributed by atoms with Gasteiger partial charge in [-0.25, -0.2) is 4.68 Å². The average Bonchev–Trinajstić information content (AvgIpc) is 3.26. The molecule has 100 valence electrons. The summed E-state index contributed by atoms with van der Waals surface area (Å²) in [7, 11) is 0. The second-order valence-corrected chi connectivity index (χ2v) is 5.45. The van der Waals surface area contributed by atoms with Crippen LogP contribution in [0.4, 0.5) is 0 Å². The Labute approximate surface area is 118 Å². The van der Waals surface area contributed by atoms with E-state index in [9.17, 15) is 0 Å². The van der Waals surface area contributed by atoms with E-state index in [0.717, 1.165) is 17.6 Å². The largest absolute Gasteiger partial charge is 0.254 e. The third-order valence-corrected chi connectivity index (χ3v) is 3.98. The number of hydrogen-bond acceptors (Lipinski definition) is 2. The minimum atomic E-state index is 0.682. The van der Waals surface area contributed by atoms with E-state index in [-0.39, 0.29) is 0 Å². The zero-order valence-corrected chi connectivity index (χ0v) is 11.6. The Kier molecular flexibility index (Phi) is 2.59. The van der Waals surface area contributed by atoms with Gasteiger partial charge in [0.15, 0.2) is 0 Å². The van der Waals surface area contributed by atoms with Crippen LogP contribution in [0.15, 0.2) is 42.6 Å². The van der Waals surface area contributed by atoms with Crippen LogP contribution in [-0.4, -0.2) is 14.8 Å². The number of aromatic nitrogens is 3. The third-order valence-electron chi connectivity index (χ3n) is 3.98. The van der Waals surface area contributed by atoms with Gasteiger partial charge in [-0.2, -0.15) is 5.10 Å². The smallest absolute Gasteiger partial charge is 0.0959 e. The van der Waals surface area contributed by atoms with E-state index in [4.69, 9.17) is 5.10 Å². The van der Waals surface area contributed by atoms with Crippen molar-refractivity contribution in [2.75, 3.05) is 0 Å². The van der Waals surface area contributed by atoms with Crippen molar-refractivity contribution in [1.29, 1.82) is 0 Å². The summed E-state index contributed by atoms with van der Waals surface area (Å²) in [6.07, 6.45) is 5.40. The molecule has 3 aromatic rings. The van der Waals surface area contributed by atoms with Gasteiger partial charge in [-0.1, -0.05) is 25.1 Å². The summed E-state index contributed by atoms with van der Waals surface area (Å²) in [6.45, 7) is 2.16. The Morgan fingerprint density at radius 2 is 2.05 bits per heavy atom. The van der Waals surface area contributed by atoms with Gasteiger partial charge < -0.3 is 0 Å². The lowest BCUT2D eigenvalue weighted by molar-refractivity contribution is 0.793. The first-order valence-corrected chi connectivity index (χ1v) is 7.30. The van der Waals surface area contributed by atoms with E-state index in [2.05, 4.69) is 46.9 Å². The molecule has 1 fully saturated rings. The van der Waals surface area contributed by atoms with E-state index in [0.29, 0.717) is 5.92 Å². The van der Waals surface area contributed by atoms with Gasteiger partial charge in [0.1, 0.15) is 0 Å². The first-order valence-electron chi connectivity index (χ1n) is 7.30. The Morgan fingerprint density at radius 3 is 2.85 bits per heavy atom. The van der Waals surface area contributed by atoms with Crippen LogP contribution in [0, 0.1) is 0 Å². The summed E-state index contributed by atoms with van der Waals surface area (Å²) in [5, 5.41) is 5.95. The highest BCUT2D eigenvalue weighted by Gasteiger charge is 2.28. The summed E-state index contributed by atoms with van der Waals surface area (Å²) in [4.78, 5) is 4.55. The van der Waals surface area contributed by atoms with Crippen molar-refractivity contribution in [3.8, 4) is 5.69 Å². The van der Waals surface area contributed by atoms with Gasteiger partial charge in [-0.15, -0.1) is 0 Å². The van der Waals surface area contributed by atoms with Crippen molar-refractivity contribution in [3.63, 3.8) is 0 Å². The molecule has 1 aromatic carbocycles. The van der Waals surface area contributed by atoms with Gasteiger partial charge >= 0.3 is 0 Å². The number of pyridine rings is 1. The van der Waals surface area contributed by atoms with E-state index in [1.165, 1.54) is 29.6 Å². The molecule has 1 saturated carbocycles. The van der Waals surface area contributed by atoms with Gasteiger partial charge in [0.2, 0.25) is 0 Å². The fraction of sp³-hybridized carbons (Fsp3) is 0.294. The molecule has 20 heavy (non-hydrogen) atoms. The summed E-state index contributed by atoms with van der Waals surface area (Å²) in [5.41, 5.74) is 4.65. The number of hydrogen-bond donors (Lipinski definition) is 0. The summed E-state index contributed by atoms with van der Waals surface area (Å²) in [5.74, 6) is 0.682. The molecule has 0 N–H and O–H groups in total. The van der Waals surface area contributed by atoms with E-state index in [1.807, 2.05) is 12.3 Å². The van der Waals surface area contributed by atoms with Gasteiger partial charge in [-0.3, -0.25) is 4.98 Å². The third kappa shape index (κ3) is 1.82. The Hall–Kier alpha value is -2.16. The fourth-order valence-corrected chi connectivity index (χ4v) is 2.74. The highest BCUT2D eigenvalue weighted by atomic mass is 15.3. The molecule has 4 rings (SSSR count). The van der Waals surface area contributed by atoms with Crippen LogP contribution in [0.25, 0.3) is 16.6 Å². The van der Waals surface area contributed by atoms with E-state index < -0.39 is 0 Å². The van der Waals surface area contributed by atoms with E-state index in [1.54, 1.807) is 0 Å². The number of nitrogens with zero attached hydrogens (tertiary/aromatic N) is 3. The lowest BCUT2D eigenvalue weighted by Crippen LogP contribution is -2.03. The van der Waals surface area contributed by atoms with Crippen LogP contribution >= 0.6 is 0 Å². The molecule has 3 nitrogen and oxygen atoms in total. The number of rotatable bonds is 3.